The molecule has 0 amide bonds. The molecule has 0 heterocycles. The average Bonchev–Trinajstić information content (AvgIpc) is 1.80. The van der Waals surface area contributed by atoms with Crippen molar-refractivity contribution in [1.82, 2.24) is 5.48 Å². The number of nitrogens with zero attached hydrogens (tertiary/aromatic N) is 1. The number of aliphatic carboxylic acids is 1. The van der Waals surface area contributed by atoms with Gasteiger partial charge >= 0.3 is 5.97 Å². The molecule has 0 aromatic carbocycles. The van der Waals surface area contributed by atoms with Gasteiger partial charge in [0.05, 0.1) is 0 Å². The first-order valence-corrected chi connectivity index (χ1v) is 2.27. The van der Waals surface area contributed by atoms with Crippen LogP contribution < -0.4 is 5.48 Å². The lowest BCUT2D eigenvalue weighted by Crippen LogP contribution is -2.17. The predicted molar refractivity (Wildman–Crippen MR) is 31.1 cm³/mol. The van der Waals surface area contributed by atoms with Crippen LogP contribution in [0.4, 0.5) is 0 Å². The number of hydroxylamine groups is 1. The maximum Gasteiger partial charge on any atom is 0.332 e. The molecule has 0 saturated heterocycles. The molecule has 0 aliphatic carbocycles. The molecule has 0 saturated carbocycles. The van der Waals surface area contributed by atoms with Crippen molar-refractivity contribution in [3.05, 3.63) is 0 Å². The molecule has 0 fully saturated rings. The van der Waals surface area contributed by atoms with Crippen molar-refractivity contribution >= 4 is 12.3 Å². The lowest BCUT2D eigenvalue weighted by atomic mass is 10.8. The van der Waals surface area contributed by atoms with E-state index in [2.05, 4.69) is 15.3 Å². The van der Waals surface area contributed by atoms with Gasteiger partial charge in [-0.15, -0.1) is 0 Å². The van der Waals surface area contributed by atoms with E-state index in [0.29, 0.717) is 0 Å². The Morgan fingerprint density at radius 3 is 3.11 bits per heavy atom. The molecule has 52 valence electrons. The number of aliphatic imine (C=N–C) groups is 1. The van der Waals surface area contributed by atoms with Crippen LogP contribution >= 0.6 is 0 Å². The molecule has 0 atom stereocenters. The molecule has 0 spiro atoms. The van der Waals surface area contributed by atoms with Gasteiger partial charge in [-0.05, 0) is 0 Å². The van der Waals surface area contributed by atoms with Crippen molar-refractivity contribution in [2.75, 3.05) is 13.7 Å². The second-order valence-corrected chi connectivity index (χ2v) is 1.19. The Morgan fingerprint density at radius 1 is 2.00 bits per heavy atom. The van der Waals surface area contributed by atoms with E-state index in [-0.39, 0.29) is 6.61 Å². The molecule has 9 heavy (non-hydrogen) atoms. The van der Waals surface area contributed by atoms with Gasteiger partial charge in [0.2, 0.25) is 0 Å². The van der Waals surface area contributed by atoms with Gasteiger partial charge in [-0.2, -0.15) is 0 Å². The second-order valence-electron chi connectivity index (χ2n) is 1.19. The third kappa shape index (κ3) is 6.90. The minimum absolute atomic E-state index is 0.369. The molecule has 0 aromatic rings. The van der Waals surface area contributed by atoms with E-state index in [9.17, 15) is 4.79 Å². The fourth-order valence-corrected chi connectivity index (χ4v) is 0.193. The Hall–Kier alpha value is -1.10. The van der Waals surface area contributed by atoms with Crippen molar-refractivity contribution < 1.29 is 14.7 Å². The number of hydrogen-bond acceptors (Lipinski definition) is 3. The summed E-state index contributed by atoms with van der Waals surface area (Å²) in [5.41, 5.74) is 2.19. The largest absolute Gasteiger partial charge is 0.479 e. The number of rotatable bonds is 4. The van der Waals surface area contributed by atoms with Gasteiger partial charge in [-0.3, -0.25) is 15.3 Å². The van der Waals surface area contributed by atoms with E-state index in [1.54, 1.807) is 0 Å². The quantitative estimate of drug-likeness (QED) is 0.228. The van der Waals surface area contributed by atoms with Gasteiger partial charge in [0.25, 0.3) is 0 Å². The average molecular weight is 132 g/mol. The lowest BCUT2D eigenvalue weighted by Gasteiger charge is -1.94. The zero-order valence-electron chi connectivity index (χ0n) is 5.00. The Balaban J connectivity index is 3.01. The van der Waals surface area contributed by atoms with E-state index in [4.69, 9.17) is 5.11 Å². The van der Waals surface area contributed by atoms with Gasteiger partial charge in [0.15, 0.2) is 6.61 Å². The van der Waals surface area contributed by atoms with Crippen LogP contribution in [0.3, 0.4) is 0 Å². The molecule has 0 aliphatic rings. The third-order valence-electron chi connectivity index (χ3n) is 0.461. The van der Waals surface area contributed by atoms with Crippen LogP contribution in [0.25, 0.3) is 0 Å². The van der Waals surface area contributed by atoms with Crippen LogP contribution in [0.1, 0.15) is 0 Å². The molecular formula is C4H8N2O3. The summed E-state index contributed by atoms with van der Waals surface area (Å²) in [6, 6.07) is 0. The molecule has 0 rings (SSSR count). The van der Waals surface area contributed by atoms with E-state index >= 15 is 0 Å². The van der Waals surface area contributed by atoms with E-state index < -0.39 is 5.97 Å². The van der Waals surface area contributed by atoms with Crippen molar-refractivity contribution in [3.8, 4) is 0 Å². The Morgan fingerprint density at radius 2 is 2.67 bits per heavy atom. The fraction of sp³-hybridized carbons (Fsp3) is 0.500. The van der Waals surface area contributed by atoms with E-state index in [1.165, 1.54) is 13.4 Å². The number of carboxylic acid groups (broad SMARTS) is 1. The van der Waals surface area contributed by atoms with Crippen LogP contribution in [0.15, 0.2) is 4.99 Å². The summed E-state index contributed by atoms with van der Waals surface area (Å²) in [5.74, 6) is -1.02. The maximum absolute atomic E-state index is 9.75. The second kappa shape index (κ2) is 5.04. The summed E-state index contributed by atoms with van der Waals surface area (Å²) in [5, 5.41) is 8.00. The summed E-state index contributed by atoms with van der Waals surface area (Å²) < 4.78 is 0. The first-order valence-electron chi connectivity index (χ1n) is 2.27. The summed E-state index contributed by atoms with van der Waals surface area (Å²) in [4.78, 5) is 17.6. The lowest BCUT2D eigenvalue weighted by molar-refractivity contribution is -0.143. The van der Waals surface area contributed by atoms with Crippen LogP contribution in [0.5, 0.6) is 0 Å². The molecule has 5 nitrogen and oxygen atoms in total. The molecule has 0 aliphatic heterocycles. The van der Waals surface area contributed by atoms with Gasteiger partial charge in [0.1, 0.15) is 6.34 Å². The molecule has 0 radical (unpaired) electrons. The highest BCUT2D eigenvalue weighted by Crippen LogP contribution is 1.63. The van der Waals surface area contributed by atoms with Crippen LogP contribution in [-0.4, -0.2) is 31.1 Å². The van der Waals surface area contributed by atoms with E-state index in [1.807, 2.05) is 0 Å². The first-order chi connectivity index (χ1) is 4.27. The van der Waals surface area contributed by atoms with Crippen molar-refractivity contribution in [2.24, 2.45) is 4.99 Å². The molecule has 5 heteroatoms. The van der Waals surface area contributed by atoms with Gasteiger partial charge in [-0.1, -0.05) is 0 Å². The molecule has 2 N–H and O–H groups in total. The van der Waals surface area contributed by atoms with Crippen molar-refractivity contribution in [3.63, 3.8) is 0 Å². The van der Waals surface area contributed by atoms with Gasteiger partial charge in [-0.25, -0.2) is 4.79 Å². The standard InChI is InChI=1S/C4H8N2O3/c1-5-3-6-9-2-4(7)8/h3H,2H2,1H3,(H,5,6)(H,7,8). The number of nitrogens with one attached hydrogen (secondary N) is 1. The number of carboxylic acids is 1. The van der Waals surface area contributed by atoms with Gasteiger partial charge in [0, 0.05) is 7.05 Å². The van der Waals surface area contributed by atoms with Crippen LogP contribution in [0.2, 0.25) is 0 Å². The number of carbonyl (C=O) groups is 1. The first kappa shape index (κ1) is 7.90. The normalized spacial score (nSPS) is 9.89. The zero-order chi connectivity index (χ0) is 7.11. The summed E-state index contributed by atoms with van der Waals surface area (Å²) in [6.07, 6.45) is 1.25. The van der Waals surface area contributed by atoms with E-state index in [0.717, 1.165) is 0 Å². The maximum atomic E-state index is 9.75. The summed E-state index contributed by atoms with van der Waals surface area (Å²) in [6.45, 7) is -0.369. The summed E-state index contributed by atoms with van der Waals surface area (Å²) in [7, 11) is 1.54. The fourth-order valence-electron chi connectivity index (χ4n) is 0.193. The molecular weight excluding hydrogens is 124 g/mol. The molecule has 0 bridgehead atoms. The highest BCUT2D eigenvalue weighted by atomic mass is 16.7. The highest BCUT2D eigenvalue weighted by molar-refractivity contribution is 5.68. The smallest absolute Gasteiger partial charge is 0.332 e. The number of hydrogen-bond donors (Lipinski definition) is 2. The molecule has 0 unspecified atom stereocenters. The monoisotopic (exact) mass is 132 g/mol. The molecule has 0 aromatic heterocycles. The van der Waals surface area contributed by atoms with Gasteiger partial charge < -0.3 is 5.11 Å². The van der Waals surface area contributed by atoms with Crippen molar-refractivity contribution in [1.29, 1.82) is 0 Å². The summed E-state index contributed by atoms with van der Waals surface area (Å²) >= 11 is 0. The topological polar surface area (TPSA) is 70.9 Å². The third-order valence-corrected chi connectivity index (χ3v) is 0.461. The van der Waals surface area contributed by atoms with Crippen molar-refractivity contribution in [2.45, 2.75) is 0 Å². The minimum Gasteiger partial charge on any atom is -0.479 e. The van der Waals surface area contributed by atoms with Crippen LogP contribution in [-0.2, 0) is 9.63 Å². The minimum atomic E-state index is -1.02. The predicted octanol–water partition coefficient (Wildman–Crippen LogP) is -0.750. The highest BCUT2D eigenvalue weighted by Gasteiger charge is 1.91. The Labute approximate surface area is 52.3 Å². The SMILES string of the molecule is CN=CNOCC(=O)O. The zero-order valence-corrected chi connectivity index (χ0v) is 5.00. The Bertz CT molecular complexity index is 112. The van der Waals surface area contributed by atoms with Crippen LogP contribution in [0, 0.1) is 0 Å². The Kier molecular flexibility index (Phi) is 4.43.